The van der Waals surface area contributed by atoms with E-state index in [2.05, 4.69) is 4.98 Å². The minimum Gasteiger partial charge on any atom is -0.491 e. The molecule has 0 radical (unpaired) electrons. The van der Waals surface area contributed by atoms with Crippen molar-refractivity contribution < 1.29 is 29.6 Å². The van der Waals surface area contributed by atoms with Gasteiger partial charge in [0.25, 0.3) is 0 Å². The Balaban J connectivity index is 1.79. The summed E-state index contributed by atoms with van der Waals surface area (Å²) in [6.45, 7) is 3.63. The summed E-state index contributed by atoms with van der Waals surface area (Å²) in [5, 5.41) is 28.2. The number of hydrogen-bond donors (Lipinski definition) is 5. The minimum absolute atomic E-state index is 0.144. The van der Waals surface area contributed by atoms with Crippen molar-refractivity contribution in [2.75, 3.05) is 6.61 Å². The van der Waals surface area contributed by atoms with E-state index in [-0.39, 0.29) is 12.4 Å². The third kappa shape index (κ3) is 3.06. The monoisotopic (exact) mass is 410 g/mol. The van der Waals surface area contributed by atoms with Crippen LogP contribution in [0.25, 0.3) is 10.9 Å². The lowest BCUT2D eigenvalue weighted by atomic mass is 9.71. The third-order valence-electron chi connectivity index (χ3n) is 5.61. The highest BCUT2D eigenvalue weighted by molar-refractivity contribution is 6.20. The normalized spacial score (nSPS) is 15.7. The van der Waals surface area contributed by atoms with E-state index in [1.807, 2.05) is 13.8 Å². The van der Waals surface area contributed by atoms with Gasteiger partial charge in [0.05, 0.1) is 5.56 Å². The molecular formula is C22H22N2O6. The predicted octanol–water partition coefficient (Wildman–Crippen LogP) is 1.19. The van der Waals surface area contributed by atoms with Gasteiger partial charge in [-0.3, -0.25) is 9.59 Å². The van der Waals surface area contributed by atoms with Gasteiger partial charge in [0.15, 0.2) is 12.1 Å². The van der Waals surface area contributed by atoms with Gasteiger partial charge in [-0.1, -0.05) is 19.9 Å². The van der Waals surface area contributed by atoms with Crippen molar-refractivity contribution in [2.45, 2.75) is 31.7 Å². The molecule has 8 nitrogen and oxygen atoms in total. The van der Waals surface area contributed by atoms with Crippen LogP contribution in [0.2, 0.25) is 0 Å². The molecule has 1 aromatic heterocycles. The SMILES string of the molecule is CC1(C)c2cc(OCC(O)C(O)O)ccc2C(=O)c2c1[nH]c1cc(C(N)=O)ccc21. The number of aliphatic hydroxyl groups is 3. The summed E-state index contributed by atoms with van der Waals surface area (Å²) in [6, 6.07) is 9.95. The zero-order valence-electron chi connectivity index (χ0n) is 16.5. The van der Waals surface area contributed by atoms with Crippen LogP contribution in [0.4, 0.5) is 0 Å². The van der Waals surface area contributed by atoms with Gasteiger partial charge in [0, 0.05) is 33.1 Å². The van der Waals surface area contributed by atoms with Gasteiger partial charge < -0.3 is 30.8 Å². The quantitative estimate of drug-likeness (QED) is 0.399. The molecule has 4 rings (SSSR count). The number of benzene rings is 2. The topological polar surface area (TPSA) is 146 Å². The number of amides is 1. The highest BCUT2D eigenvalue weighted by atomic mass is 16.5. The van der Waals surface area contributed by atoms with E-state index in [4.69, 9.17) is 20.7 Å². The molecule has 0 saturated heterocycles. The lowest BCUT2D eigenvalue weighted by Crippen LogP contribution is -2.32. The van der Waals surface area contributed by atoms with Gasteiger partial charge in [-0.2, -0.15) is 0 Å². The number of aromatic amines is 1. The van der Waals surface area contributed by atoms with Crippen LogP contribution in [0.15, 0.2) is 36.4 Å². The Morgan fingerprint density at radius 3 is 2.57 bits per heavy atom. The molecule has 1 heterocycles. The van der Waals surface area contributed by atoms with E-state index >= 15 is 0 Å². The van der Waals surface area contributed by atoms with Crippen molar-refractivity contribution in [1.29, 1.82) is 0 Å². The van der Waals surface area contributed by atoms with Gasteiger partial charge in [0.1, 0.15) is 18.5 Å². The Morgan fingerprint density at radius 2 is 1.90 bits per heavy atom. The van der Waals surface area contributed by atoms with E-state index < -0.39 is 23.7 Å². The van der Waals surface area contributed by atoms with Crippen molar-refractivity contribution >= 4 is 22.6 Å². The first kappa shape index (κ1) is 20.1. The number of hydrogen-bond acceptors (Lipinski definition) is 6. The van der Waals surface area contributed by atoms with E-state index in [0.717, 1.165) is 16.6 Å². The fourth-order valence-corrected chi connectivity index (χ4v) is 3.92. The molecule has 6 N–H and O–H groups in total. The maximum atomic E-state index is 13.3. The Bertz CT molecular complexity index is 1180. The standard InChI is InChI=1S/C22H22N2O6/c1-22(2)14-8-11(30-9-16(25)21(28)29)4-6-12(14)18(26)17-13-5-3-10(20(23)27)7-15(13)24-19(17)22/h3-8,16,21,24-25,28-29H,9H2,1-2H3,(H2,23,27). The van der Waals surface area contributed by atoms with Crippen LogP contribution in [-0.2, 0) is 5.41 Å². The Kier molecular flexibility index (Phi) is 4.65. The first-order chi connectivity index (χ1) is 14.1. The molecule has 0 fully saturated rings. The van der Waals surface area contributed by atoms with E-state index in [0.29, 0.717) is 28.0 Å². The highest BCUT2D eigenvalue weighted by Crippen LogP contribution is 2.44. The number of carbonyl (C=O) groups excluding carboxylic acids is 2. The summed E-state index contributed by atoms with van der Waals surface area (Å²) in [5.74, 6) is -0.296. The largest absolute Gasteiger partial charge is 0.491 e. The van der Waals surface area contributed by atoms with Crippen LogP contribution in [-0.4, -0.2) is 51.0 Å². The summed E-state index contributed by atoms with van der Waals surface area (Å²) in [5.41, 5.74) is 8.35. The number of ketones is 1. The van der Waals surface area contributed by atoms with E-state index in [1.165, 1.54) is 0 Å². The molecule has 1 aliphatic rings. The molecule has 1 unspecified atom stereocenters. The molecule has 0 saturated carbocycles. The average Bonchev–Trinajstić information content (AvgIpc) is 3.10. The van der Waals surface area contributed by atoms with Crippen molar-refractivity contribution in [3.8, 4) is 5.75 Å². The number of H-pyrrole nitrogens is 1. The summed E-state index contributed by atoms with van der Waals surface area (Å²) in [6.07, 6.45) is -3.35. The van der Waals surface area contributed by atoms with Gasteiger partial charge in [-0.25, -0.2) is 0 Å². The van der Waals surface area contributed by atoms with Gasteiger partial charge in [0.2, 0.25) is 5.91 Å². The average molecular weight is 410 g/mol. The van der Waals surface area contributed by atoms with Crippen LogP contribution in [0, 0.1) is 0 Å². The molecule has 2 aromatic carbocycles. The van der Waals surface area contributed by atoms with Crippen molar-refractivity contribution in [3.63, 3.8) is 0 Å². The second kappa shape index (κ2) is 6.94. The Hall–Kier alpha value is -3.20. The zero-order chi connectivity index (χ0) is 21.8. The predicted molar refractivity (Wildman–Crippen MR) is 109 cm³/mol. The second-order valence-electron chi connectivity index (χ2n) is 7.95. The number of aromatic nitrogens is 1. The summed E-state index contributed by atoms with van der Waals surface area (Å²) < 4.78 is 5.47. The first-order valence-electron chi connectivity index (χ1n) is 9.43. The Labute approximate surface area is 171 Å². The molecular weight excluding hydrogens is 388 g/mol. The van der Waals surface area contributed by atoms with Crippen molar-refractivity contribution in [3.05, 3.63) is 64.3 Å². The maximum absolute atomic E-state index is 13.3. The van der Waals surface area contributed by atoms with Crippen molar-refractivity contribution in [2.24, 2.45) is 5.73 Å². The molecule has 156 valence electrons. The van der Waals surface area contributed by atoms with Crippen LogP contribution in [0.3, 0.4) is 0 Å². The lowest BCUT2D eigenvalue weighted by molar-refractivity contribution is -0.131. The summed E-state index contributed by atoms with van der Waals surface area (Å²) in [4.78, 5) is 28.1. The van der Waals surface area contributed by atoms with E-state index in [1.54, 1.807) is 36.4 Å². The number of nitrogens with one attached hydrogen (secondary N) is 1. The van der Waals surface area contributed by atoms with Crippen LogP contribution >= 0.6 is 0 Å². The molecule has 1 amide bonds. The highest BCUT2D eigenvalue weighted by Gasteiger charge is 2.40. The smallest absolute Gasteiger partial charge is 0.248 e. The number of fused-ring (bicyclic) bond motifs is 4. The van der Waals surface area contributed by atoms with Gasteiger partial charge in [-0.15, -0.1) is 0 Å². The number of rotatable bonds is 5. The number of carbonyl (C=O) groups is 2. The van der Waals surface area contributed by atoms with Gasteiger partial charge >= 0.3 is 0 Å². The fourth-order valence-electron chi connectivity index (χ4n) is 3.92. The fraction of sp³-hybridized carbons (Fsp3) is 0.273. The van der Waals surface area contributed by atoms with Crippen LogP contribution < -0.4 is 10.5 Å². The first-order valence-corrected chi connectivity index (χ1v) is 9.43. The molecule has 8 heteroatoms. The Morgan fingerprint density at radius 1 is 1.17 bits per heavy atom. The molecule has 0 bridgehead atoms. The third-order valence-corrected chi connectivity index (χ3v) is 5.61. The van der Waals surface area contributed by atoms with Crippen molar-refractivity contribution in [1.82, 2.24) is 4.98 Å². The molecule has 0 aliphatic heterocycles. The molecule has 1 atom stereocenters. The summed E-state index contributed by atoms with van der Waals surface area (Å²) in [7, 11) is 0. The lowest BCUT2D eigenvalue weighted by Gasteiger charge is -2.32. The second-order valence-corrected chi connectivity index (χ2v) is 7.95. The number of primary amides is 1. The number of aliphatic hydroxyl groups excluding tert-OH is 2. The summed E-state index contributed by atoms with van der Waals surface area (Å²) >= 11 is 0. The maximum Gasteiger partial charge on any atom is 0.248 e. The van der Waals surface area contributed by atoms with Gasteiger partial charge in [-0.05, 0) is 35.9 Å². The number of nitrogens with two attached hydrogens (primary N) is 1. The van der Waals surface area contributed by atoms with E-state index in [9.17, 15) is 14.7 Å². The number of ether oxygens (including phenoxy) is 1. The molecule has 3 aromatic rings. The minimum atomic E-state index is -1.90. The zero-order valence-corrected chi connectivity index (χ0v) is 16.5. The van der Waals surface area contributed by atoms with Crippen LogP contribution in [0.5, 0.6) is 5.75 Å². The molecule has 30 heavy (non-hydrogen) atoms. The van der Waals surface area contributed by atoms with Crippen LogP contribution in [0.1, 0.15) is 51.4 Å². The molecule has 1 aliphatic carbocycles. The molecule has 0 spiro atoms.